The van der Waals surface area contributed by atoms with E-state index in [-0.39, 0.29) is 12.0 Å². The summed E-state index contributed by atoms with van der Waals surface area (Å²) in [6, 6.07) is 9.75. The average Bonchev–Trinajstić information content (AvgIpc) is 2.20. The van der Waals surface area contributed by atoms with Gasteiger partial charge in [-0.25, -0.2) is 0 Å². The molecule has 0 saturated heterocycles. The van der Waals surface area contributed by atoms with Crippen molar-refractivity contribution in [2.75, 3.05) is 0 Å². The molecule has 0 radical (unpaired) electrons. The molecule has 0 aliphatic carbocycles. The van der Waals surface area contributed by atoms with Crippen molar-refractivity contribution in [1.29, 1.82) is 0 Å². The predicted molar refractivity (Wildman–Crippen MR) is 53.5 cm³/mol. The van der Waals surface area contributed by atoms with Crippen LogP contribution in [0.15, 0.2) is 43.0 Å². The fraction of sp³-hybridized carbons (Fsp3) is 0.273. The molecule has 2 N–H and O–H groups in total. The molecule has 70 valence electrons. The molecule has 0 aromatic heterocycles. The Morgan fingerprint density at radius 2 is 2.00 bits per heavy atom. The SMILES string of the molecule is C=C[C@@H](C)[C@H](NO)c1ccccc1. The summed E-state index contributed by atoms with van der Waals surface area (Å²) < 4.78 is 0. The second kappa shape index (κ2) is 4.80. The molecule has 0 aliphatic rings. The lowest BCUT2D eigenvalue weighted by Crippen LogP contribution is -2.22. The molecule has 0 heterocycles. The quantitative estimate of drug-likeness (QED) is 0.547. The Balaban J connectivity index is 2.84. The van der Waals surface area contributed by atoms with Gasteiger partial charge in [0.1, 0.15) is 0 Å². The van der Waals surface area contributed by atoms with Crippen LogP contribution in [0.3, 0.4) is 0 Å². The lowest BCUT2D eigenvalue weighted by Gasteiger charge is -2.19. The van der Waals surface area contributed by atoms with E-state index in [0.717, 1.165) is 5.56 Å². The van der Waals surface area contributed by atoms with Gasteiger partial charge >= 0.3 is 0 Å². The van der Waals surface area contributed by atoms with Gasteiger partial charge in [-0.05, 0) is 11.5 Å². The second-order valence-electron chi connectivity index (χ2n) is 3.11. The van der Waals surface area contributed by atoms with Crippen molar-refractivity contribution in [1.82, 2.24) is 5.48 Å². The molecule has 0 unspecified atom stereocenters. The molecule has 2 heteroatoms. The maximum Gasteiger partial charge on any atom is 0.0628 e. The van der Waals surface area contributed by atoms with Crippen LogP contribution >= 0.6 is 0 Å². The van der Waals surface area contributed by atoms with Gasteiger partial charge in [-0.15, -0.1) is 6.58 Å². The average molecular weight is 177 g/mol. The predicted octanol–water partition coefficient (Wildman–Crippen LogP) is 2.53. The van der Waals surface area contributed by atoms with Crippen molar-refractivity contribution < 1.29 is 5.21 Å². The van der Waals surface area contributed by atoms with Gasteiger partial charge in [-0.1, -0.05) is 43.3 Å². The molecule has 0 spiro atoms. The molecule has 0 bridgehead atoms. The highest BCUT2D eigenvalue weighted by Gasteiger charge is 2.14. The van der Waals surface area contributed by atoms with Crippen LogP contribution < -0.4 is 5.48 Å². The topological polar surface area (TPSA) is 32.3 Å². The number of hydrogen-bond acceptors (Lipinski definition) is 2. The smallest absolute Gasteiger partial charge is 0.0628 e. The Labute approximate surface area is 78.9 Å². The van der Waals surface area contributed by atoms with Crippen molar-refractivity contribution >= 4 is 0 Å². The Kier molecular flexibility index (Phi) is 3.68. The summed E-state index contributed by atoms with van der Waals surface area (Å²) in [5, 5.41) is 8.98. The minimum Gasteiger partial charge on any atom is -0.316 e. The van der Waals surface area contributed by atoms with E-state index in [0.29, 0.717) is 0 Å². The summed E-state index contributed by atoms with van der Waals surface area (Å²) in [5.41, 5.74) is 3.36. The number of nitrogens with one attached hydrogen (secondary N) is 1. The van der Waals surface area contributed by atoms with Gasteiger partial charge in [0, 0.05) is 0 Å². The lowest BCUT2D eigenvalue weighted by molar-refractivity contribution is 0.110. The first-order chi connectivity index (χ1) is 6.29. The van der Waals surface area contributed by atoms with Crippen LogP contribution in [0.2, 0.25) is 0 Å². The maximum absolute atomic E-state index is 8.98. The lowest BCUT2D eigenvalue weighted by atomic mass is 9.95. The summed E-state index contributed by atoms with van der Waals surface area (Å²) in [5.74, 6) is 0.201. The zero-order chi connectivity index (χ0) is 9.68. The van der Waals surface area contributed by atoms with Crippen molar-refractivity contribution in [3.63, 3.8) is 0 Å². The molecular formula is C11H15NO. The molecule has 2 atom stereocenters. The van der Waals surface area contributed by atoms with Gasteiger partial charge in [0.15, 0.2) is 0 Å². The van der Waals surface area contributed by atoms with Crippen LogP contribution in [0.4, 0.5) is 0 Å². The first-order valence-corrected chi connectivity index (χ1v) is 4.36. The van der Waals surface area contributed by atoms with Crippen LogP contribution in [0.5, 0.6) is 0 Å². The van der Waals surface area contributed by atoms with Gasteiger partial charge in [0.25, 0.3) is 0 Å². The first kappa shape index (κ1) is 9.96. The van der Waals surface area contributed by atoms with Gasteiger partial charge in [-0.2, -0.15) is 5.48 Å². The molecule has 13 heavy (non-hydrogen) atoms. The minimum absolute atomic E-state index is 0.0706. The molecule has 0 amide bonds. The summed E-state index contributed by atoms with van der Waals surface area (Å²) >= 11 is 0. The minimum atomic E-state index is -0.0706. The number of hydroxylamine groups is 1. The largest absolute Gasteiger partial charge is 0.316 e. The number of hydrogen-bond donors (Lipinski definition) is 2. The molecule has 1 aromatic rings. The van der Waals surface area contributed by atoms with E-state index in [1.807, 2.05) is 43.3 Å². The normalized spacial score (nSPS) is 14.9. The van der Waals surface area contributed by atoms with Crippen molar-refractivity contribution in [3.8, 4) is 0 Å². The fourth-order valence-corrected chi connectivity index (χ4v) is 1.29. The van der Waals surface area contributed by atoms with E-state index in [1.165, 1.54) is 0 Å². The highest BCUT2D eigenvalue weighted by atomic mass is 16.5. The highest BCUT2D eigenvalue weighted by Crippen LogP contribution is 2.21. The van der Waals surface area contributed by atoms with Crippen LogP contribution in [0.1, 0.15) is 18.5 Å². The van der Waals surface area contributed by atoms with Gasteiger partial charge < -0.3 is 5.21 Å². The van der Waals surface area contributed by atoms with E-state index >= 15 is 0 Å². The molecule has 0 saturated carbocycles. The second-order valence-corrected chi connectivity index (χ2v) is 3.11. The molecule has 0 fully saturated rings. The summed E-state index contributed by atoms with van der Waals surface area (Å²) in [4.78, 5) is 0. The van der Waals surface area contributed by atoms with Crippen molar-refractivity contribution in [3.05, 3.63) is 48.6 Å². The Morgan fingerprint density at radius 1 is 1.38 bits per heavy atom. The molecule has 0 aliphatic heterocycles. The van der Waals surface area contributed by atoms with Crippen LogP contribution in [0, 0.1) is 5.92 Å². The maximum atomic E-state index is 8.98. The first-order valence-electron chi connectivity index (χ1n) is 4.36. The van der Waals surface area contributed by atoms with Crippen molar-refractivity contribution in [2.45, 2.75) is 13.0 Å². The highest BCUT2D eigenvalue weighted by molar-refractivity contribution is 5.20. The number of rotatable bonds is 4. The third-order valence-electron chi connectivity index (χ3n) is 2.20. The zero-order valence-corrected chi connectivity index (χ0v) is 7.77. The molecule has 1 aromatic carbocycles. The van der Waals surface area contributed by atoms with E-state index in [4.69, 9.17) is 5.21 Å². The zero-order valence-electron chi connectivity index (χ0n) is 7.77. The number of benzene rings is 1. The van der Waals surface area contributed by atoms with E-state index < -0.39 is 0 Å². The third-order valence-corrected chi connectivity index (χ3v) is 2.20. The Bertz CT molecular complexity index is 258. The summed E-state index contributed by atoms with van der Waals surface area (Å²) in [7, 11) is 0. The summed E-state index contributed by atoms with van der Waals surface area (Å²) in [6.45, 7) is 5.71. The van der Waals surface area contributed by atoms with Crippen LogP contribution in [-0.4, -0.2) is 5.21 Å². The third kappa shape index (κ3) is 2.41. The monoisotopic (exact) mass is 177 g/mol. The van der Waals surface area contributed by atoms with Gasteiger partial charge in [0.2, 0.25) is 0 Å². The molecule has 1 rings (SSSR count). The van der Waals surface area contributed by atoms with Crippen molar-refractivity contribution in [2.24, 2.45) is 5.92 Å². The van der Waals surface area contributed by atoms with Gasteiger partial charge in [-0.3, -0.25) is 0 Å². The van der Waals surface area contributed by atoms with Crippen LogP contribution in [0.25, 0.3) is 0 Å². The summed E-state index contributed by atoms with van der Waals surface area (Å²) in [6.07, 6.45) is 1.82. The Hall–Kier alpha value is -1.12. The standard InChI is InChI=1S/C11H15NO/c1-3-9(2)11(12-13)10-7-5-4-6-8-10/h3-9,11-13H,1H2,2H3/t9-,11+/m1/s1. The molecular weight excluding hydrogens is 162 g/mol. The van der Waals surface area contributed by atoms with Gasteiger partial charge in [0.05, 0.1) is 6.04 Å². The molecule has 2 nitrogen and oxygen atoms in total. The van der Waals surface area contributed by atoms with E-state index in [9.17, 15) is 0 Å². The Morgan fingerprint density at radius 3 is 2.46 bits per heavy atom. The fourth-order valence-electron chi connectivity index (χ4n) is 1.29. The van der Waals surface area contributed by atoms with E-state index in [1.54, 1.807) is 0 Å². The van der Waals surface area contributed by atoms with E-state index in [2.05, 4.69) is 12.1 Å². The van der Waals surface area contributed by atoms with Crippen LogP contribution in [-0.2, 0) is 0 Å².